The third-order valence-corrected chi connectivity index (χ3v) is 7.16. The lowest BCUT2D eigenvalue weighted by Crippen LogP contribution is -2.49. The van der Waals surface area contributed by atoms with Gasteiger partial charge in [-0.05, 0) is 43.2 Å². The highest BCUT2D eigenvalue weighted by molar-refractivity contribution is 7.89. The number of nitro groups is 1. The first-order valence-corrected chi connectivity index (χ1v) is 11.7. The summed E-state index contributed by atoms with van der Waals surface area (Å²) < 4.78 is 26.8. The lowest BCUT2D eigenvalue weighted by Gasteiger charge is -2.35. The number of anilines is 1. The predicted octanol–water partition coefficient (Wildman–Crippen LogP) is 2.18. The molecule has 1 aliphatic rings. The zero-order valence-electron chi connectivity index (χ0n) is 17.4. The van der Waals surface area contributed by atoms with Gasteiger partial charge in [-0.15, -0.1) is 0 Å². The number of carbonyl (C=O) groups excluding carboxylic acids is 1. The highest BCUT2D eigenvalue weighted by Crippen LogP contribution is 2.19. The lowest BCUT2D eigenvalue weighted by atomic mass is 10.2. The van der Waals surface area contributed by atoms with Crippen LogP contribution in [-0.2, 0) is 10.0 Å². The van der Waals surface area contributed by atoms with E-state index in [4.69, 9.17) is 0 Å². The summed E-state index contributed by atoms with van der Waals surface area (Å²) in [4.78, 5) is 24.4. The normalized spacial score (nSPS) is 14.9. The Balaban J connectivity index is 1.43. The Kier molecular flexibility index (Phi) is 7.24. The molecule has 1 fully saturated rings. The number of piperazine rings is 1. The molecule has 3 rings (SSSR count). The molecule has 1 saturated heterocycles. The summed E-state index contributed by atoms with van der Waals surface area (Å²) in [5.41, 5.74) is 2.47. The van der Waals surface area contributed by atoms with Crippen molar-refractivity contribution in [2.75, 3.05) is 43.4 Å². The number of non-ortho nitro benzene ring substituents is 1. The lowest BCUT2D eigenvalue weighted by molar-refractivity contribution is -0.384. The minimum atomic E-state index is -3.39. The maximum Gasteiger partial charge on any atom is 0.269 e. The van der Waals surface area contributed by atoms with Gasteiger partial charge in [0.15, 0.2) is 0 Å². The fraction of sp³-hybridized carbons (Fsp3) is 0.381. The molecule has 31 heavy (non-hydrogen) atoms. The number of nitro benzene ring substituents is 1. The van der Waals surface area contributed by atoms with Crippen LogP contribution in [0.5, 0.6) is 0 Å². The zero-order valence-corrected chi connectivity index (χ0v) is 18.2. The summed E-state index contributed by atoms with van der Waals surface area (Å²) in [5.74, 6) is -0.433. The van der Waals surface area contributed by atoms with Crippen molar-refractivity contribution in [1.29, 1.82) is 0 Å². The molecule has 0 aliphatic carbocycles. The highest BCUT2D eigenvalue weighted by Gasteiger charge is 2.26. The summed E-state index contributed by atoms with van der Waals surface area (Å²) >= 11 is 0. The van der Waals surface area contributed by atoms with Crippen LogP contribution in [0.15, 0.2) is 48.5 Å². The van der Waals surface area contributed by atoms with E-state index >= 15 is 0 Å². The first-order chi connectivity index (χ1) is 14.8. The Hall–Kier alpha value is -2.98. The molecule has 166 valence electrons. The number of sulfonamides is 1. The second kappa shape index (κ2) is 9.88. The predicted molar refractivity (Wildman–Crippen MR) is 119 cm³/mol. The van der Waals surface area contributed by atoms with Gasteiger partial charge in [0.2, 0.25) is 10.0 Å². The van der Waals surface area contributed by atoms with E-state index < -0.39 is 14.9 Å². The monoisotopic (exact) mass is 446 g/mol. The number of nitrogens with zero attached hydrogens (tertiary/aromatic N) is 3. The van der Waals surface area contributed by atoms with Gasteiger partial charge in [-0.25, -0.2) is 8.42 Å². The van der Waals surface area contributed by atoms with Crippen LogP contribution in [0.3, 0.4) is 0 Å². The maximum atomic E-state index is 12.6. The molecule has 0 atom stereocenters. The van der Waals surface area contributed by atoms with Crippen molar-refractivity contribution >= 4 is 27.3 Å². The van der Waals surface area contributed by atoms with E-state index in [-0.39, 0.29) is 23.9 Å². The van der Waals surface area contributed by atoms with E-state index in [1.807, 2.05) is 25.1 Å². The van der Waals surface area contributed by atoms with Crippen molar-refractivity contribution in [1.82, 2.24) is 9.62 Å². The van der Waals surface area contributed by atoms with E-state index in [0.29, 0.717) is 38.2 Å². The van der Waals surface area contributed by atoms with Crippen LogP contribution < -0.4 is 10.2 Å². The van der Waals surface area contributed by atoms with Gasteiger partial charge in [0.05, 0.1) is 10.7 Å². The molecule has 2 aromatic carbocycles. The summed E-state index contributed by atoms with van der Waals surface area (Å²) in [7, 11) is -3.39. The van der Waals surface area contributed by atoms with Gasteiger partial charge in [-0.3, -0.25) is 14.9 Å². The number of nitrogens with one attached hydrogen (secondary N) is 1. The number of benzene rings is 2. The van der Waals surface area contributed by atoms with Crippen molar-refractivity contribution in [3.63, 3.8) is 0 Å². The van der Waals surface area contributed by atoms with E-state index in [1.54, 1.807) is 0 Å². The molecule has 2 aromatic rings. The number of amides is 1. The first-order valence-electron chi connectivity index (χ1n) is 10.1. The summed E-state index contributed by atoms with van der Waals surface area (Å²) in [6.45, 7) is 4.39. The van der Waals surface area contributed by atoms with Gasteiger partial charge in [-0.2, -0.15) is 4.31 Å². The standard InChI is InChI=1S/C21H26N4O5S/c1-17-4-2-5-20(16-17)23-11-13-24(14-12-23)31(29,30)15-3-10-22-21(26)18-6-8-19(9-7-18)25(27)28/h2,4-9,16H,3,10-15H2,1H3,(H,22,26). The molecular weight excluding hydrogens is 420 g/mol. The molecule has 0 unspecified atom stereocenters. The van der Waals surface area contributed by atoms with Crippen LogP contribution in [0.25, 0.3) is 0 Å². The number of hydrogen-bond donors (Lipinski definition) is 1. The topological polar surface area (TPSA) is 113 Å². The van der Waals surface area contributed by atoms with Crippen LogP contribution in [0, 0.1) is 17.0 Å². The van der Waals surface area contributed by atoms with Gasteiger partial charge in [0.1, 0.15) is 0 Å². The molecule has 1 heterocycles. The Morgan fingerprint density at radius 1 is 1.10 bits per heavy atom. The van der Waals surface area contributed by atoms with Crippen LogP contribution in [0.2, 0.25) is 0 Å². The fourth-order valence-electron chi connectivity index (χ4n) is 3.47. The number of hydrogen-bond acceptors (Lipinski definition) is 6. The smallest absolute Gasteiger partial charge is 0.269 e. The molecule has 1 amide bonds. The van der Waals surface area contributed by atoms with Gasteiger partial charge >= 0.3 is 0 Å². The molecule has 0 saturated carbocycles. The molecule has 0 aromatic heterocycles. The highest BCUT2D eigenvalue weighted by atomic mass is 32.2. The zero-order chi connectivity index (χ0) is 22.4. The molecule has 0 radical (unpaired) electrons. The van der Waals surface area contributed by atoms with Crippen molar-refractivity contribution in [3.8, 4) is 0 Å². The Labute approximate surface area is 181 Å². The summed E-state index contributed by atoms with van der Waals surface area (Å²) in [5, 5.41) is 13.3. The summed E-state index contributed by atoms with van der Waals surface area (Å²) in [6.07, 6.45) is 0.291. The third kappa shape index (κ3) is 6.02. The first kappa shape index (κ1) is 22.7. The Morgan fingerprint density at radius 3 is 2.39 bits per heavy atom. The minimum absolute atomic E-state index is 0.0437. The second-order valence-electron chi connectivity index (χ2n) is 7.45. The number of carbonyl (C=O) groups is 1. The van der Waals surface area contributed by atoms with Crippen LogP contribution in [-0.4, -0.2) is 62.0 Å². The SMILES string of the molecule is Cc1cccc(N2CCN(S(=O)(=O)CCCNC(=O)c3ccc([N+](=O)[O-])cc3)CC2)c1. The number of rotatable bonds is 8. The second-order valence-corrected chi connectivity index (χ2v) is 9.54. The van der Waals surface area contributed by atoms with Crippen molar-refractivity contribution in [2.24, 2.45) is 0 Å². The van der Waals surface area contributed by atoms with Gasteiger partial charge < -0.3 is 10.2 Å². The molecule has 1 aliphatic heterocycles. The molecule has 10 heteroatoms. The van der Waals surface area contributed by atoms with Crippen LogP contribution in [0.1, 0.15) is 22.3 Å². The minimum Gasteiger partial charge on any atom is -0.369 e. The quantitative estimate of drug-likeness (QED) is 0.378. The molecular formula is C21H26N4O5S. The average molecular weight is 447 g/mol. The Morgan fingerprint density at radius 2 is 1.77 bits per heavy atom. The molecule has 0 bridgehead atoms. The Bertz CT molecular complexity index is 1030. The van der Waals surface area contributed by atoms with Crippen molar-refractivity contribution in [3.05, 3.63) is 69.8 Å². The average Bonchev–Trinajstić information content (AvgIpc) is 2.77. The van der Waals surface area contributed by atoms with E-state index in [0.717, 1.165) is 5.69 Å². The van der Waals surface area contributed by atoms with Crippen molar-refractivity contribution in [2.45, 2.75) is 13.3 Å². The van der Waals surface area contributed by atoms with Crippen LogP contribution >= 0.6 is 0 Å². The van der Waals surface area contributed by atoms with Crippen LogP contribution in [0.4, 0.5) is 11.4 Å². The molecule has 9 nitrogen and oxygen atoms in total. The van der Waals surface area contributed by atoms with E-state index in [9.17, 15) is 23.3 Å². The number of aryl methyl sites for hydroxylation is 1. The molecule has 0 spiro atoms. The van der Waals surface area contributed by atoms with Gasteiger partial charge in [0.25, 0.3) is 11.6 Å². The van der Waals surface area contributed by atoms with E-state index in [1.165, 1.54) is 34.1 Å². The van der Waals surface area contributed by atoms with Gasteiger partial charge in [-0.1, -0.05) is 12.1 Å². The maximum absolute atomic E-state index is 12.6. The van der Waals surface area contributed by atoms with E-state index in [2.05, 4.69) is 16.3 Å². The largest absolute Gasteiger partial charge is 0.369 e. The van der Waals surface area contributed by atoms with Crippen molar-refractivity contribution < 1.29 is 18.1 Å². The molecule has 1 N–H and O–H groups in total. The van der Waals surface area contributed by atoms with Gasteiger partial charge in [0, 0.05) is 56.1 Å². The third-order valence-electron chi connectivity index (χ3n) is 5.20. The fourth-order valence-corrected chi connectivity index (χ4v) is 4.96. The summed E-state index contributed by atoms with van der Waals surface area (Å²) in [6, 6.07) is 13.4.